The predicted octanol–water partition coefficient (Wildman–Crippen LogP) is 2.15. The number of nitrogens with zero attached hydrogens (tertiary/aromatic N) is 3. The van der Waals surface area contributed by atoms with Gasteiger partial charge >= 0.3 is 0 Å². The third-order valence-electron chi connectivity index (χ3n) is 4.26. The van der Waals surface area contributed by atoms with Gasteiger partial charge < -0.3 is 5.32 Å². The normalized spacial score (nSPS) is 13.6. The van der Waals surface area contributed by atoms with Gasteiger partial charge in [-0.05, 0) is 31.3 Å². The highest BCUT2D eigenvalue weighted by atomic mass is 16.2. The lowest BCUT2D eigenvalue weighted by molar-refractivity contribution is 0.0640. The fraction of sp³-hybridized carbons (Fsp3) is 0.158. The van der Waals surface area contributed by atoms with Gasteiger partial charge in [-0.3, -0.25) is 14.5 Å². The van der Waals surface area contributed by atoms with E-state index in [4.69, 9.17) is 0 Å². The second-order valence-electron chi connectivity index (χ2n) is 5.88. The van der Waals surface area contributed by atoms with E-state index in [0.29, 0.717) is 23.4 Å². The Balaban J connectivity index is 1.74. The van der Waals surface area contributed by atoms with E-state index < -0.39 is 0 Å². The first-order chi connectivity index (χ1) is 12.2. The van der Waals surface area contributed by atoms with E-state index in [9.17, 15) is 9.59 Å². The quantitative estimate of drug-likeness (QED) is 0.741. The number of hydrogen-bond donors (Lipinski definition) is 1. The van der Waals surface area contributed by atoms with Gasteiger partial charge in [0, 0.05) is 6.54 Å². The lowest BCUT2D eigenvalue weighted by atomic mass is 10.1. The molecule has 1 aromatic heterocycles. The molecule has 0 bridgehead atoms. The summed E-state index contributed by atoms with van der Waals surface area (Å²) in [5, 5.41) is 3.06. The van der Waals surface area contributed by atoms with E-state index in [2.05, 4.69) is 15.3 Å². The molecule has 6 heteroatoms. The molecule has 25 heavy (non-hydrogen) atoms. The molecule has 0 spiro atoms. The summed E-state index contributed by atoms with van der Waals surface area (Å²) in [6.45, 7) is 0.623. The number of fused-ring (bicyclic) bond motifs is 2. The zero-order chi connectivity index (χ0) is 17.4. The van der Waals surface area contributed by atoms with Crippen LogP contribution in [0.25, 0.3) is 11.0 Å². The lowest BCUT2D eigenvalue weighted by Crippen LogP contribution is -2.30. The van der Waals surface area contributed by atoms with Crippen LogP contribution in [0, 0.1) is 0 Å². The third-order valence-corrected chi connectivity index (χ3v) is 4.26. The van der Waals surface area contributed by atoms with Crippen LogP contribution in [-0.2, 0) is 13.1 Å². The van der Waals surface area contributed by atoms with E-state index in [1.54, 1.807) is 24.3 Å². The highest BCUT2D eigenvalue weighted by molar-refractivity contribution is 6.21. The molecule has 0 aliphatic carbocycles. The Bertz CT molecular complexity index is 965. The molecule has 1 aliphatic rings. The first-order valence-electron chi connectivity index (χ1n) is 8.03. The topological polar surface area (TPSA) is 75.2 Å². The first-order valence-corrected chi connectivity index (χ1v) is 8.03. The molecule has 2 aromatic carbocycles. The van der Waals surface area contributed by atoms with Gasteiger partial charge in [-0.15, -0.1) is 0 Å². The Morgan fingerprint density at radius 1 is 0.840 bits per heavy atom. The Hall–Kier alpha value is -3.12. The van der Waals surface area contributed by atoms with Crippen LogP contribution in [-0.4, -0.2) is 33.7 Å². The summed E-state index contributed by atoms with van der Waals surface area (Å²) in [6.07, 6.45) is 0. The molecule has 0 unspecified atom stereocenters. The average Bonchev–Trinajstić information content (AvgIpc) is 2.88. The van der Waals surface area contributed by atoms with E-state index in [0.717, 1.165) is 16.7 Å². The summed E-state index contributed by atoms with van der Waals surface area (Å²) < 4.78 is 0. The highest BCUT2D eigenvalue weighted by Crippen LogP contribution is 2.25. The highest BCUT2D eigenvalue weighted by Gasteiger charge is 2.35. The van der Waals surface area contributed by atoms with Gasteiger partial charge in [0.15, 0.2) is 0 Å². The molecule has 0 saturated heterocycles. The van der Waals surface area contributed by atoms with Gasteiger partial charge in [-0.1, -0.05) is 24.3 Å². The van der Waals surface area contributed by atoms with Crippen molar-refractivity contribution < 1.29 is 9.59 Å². The van der Waals surface area contributed by atoms with E-state index >= 15 is 0 Å². The lowest BCUT2D eigenvalue weighted by Gasteiger charge is -2.16. The summed E-state index contributed by atoms with van der Waals surface area (Å²) in [6, 6.07) is 14.4. The fourth-order valence-electron chi connectivity index (χ4n) is 3.04. The maximum absolute atomic E-state index is 12.6. The Morgan fingerprint density at radius 3 is 1.92 bits per heavy atom. The number of rotatable bonds is 4. The van der Waals surface area contributed by atoms with Crippen LogP contribution >= 0.6 is 0 Å². The number of benzene rings is 2. The molecule has 2 heterocycles. The molecule has 1 aliphatic heterocycles. The van der Waals surface area contributed by atoms with Gasteiger partial charge in [0.05, 0.1) is 40.1 Å². The van der Waals surface area contributed by atoms with Gasteiger partial charge in [0.25, 0.3) is 11.8 Å². The van der Waals surface area contributed by atoms with Crippen LogP contribution in [0.3, 0.4) is 0 Å². The fourth-order valence-corrected chi connectivity index (χ4v) is 3.04. The Labute approximate surface area is 144 Å². The maximum Gasteiger partial charge on any atom is 0.261 e. The van der Waals surface area contributed by atoms with Crippen molar-refractivity contribution in [1.82, 2.24) is 20.2 Å². The summed E-state index contributed by atoms with van der Waals surface area (Å²) in [5.74, 6) is -0.572. The molecule has 1 N–H and O–H groups in total. The zero-order valence-electron chi connectivity index (χ0n) is 13.7. The Kier molecular flexibility index (Phi) is 3.74. The van der Waals surface area contributed by atoms with E-state index in [1.165, 1.54) is 4.90 Å². The number of carbonyl (C=O) groups excluding carboxylic acids is 2. The van der Waals surface area contributed by atoms with Crippen LogP contribution < -0.4 is 5.32 Å². The Morgan fingerprint density at radius 2 is 1.36 bits per heavy atom. The minimum Gasteiger partial charge on any atom is -0.314 e. The monoisotopic (exact) mass is 332 g/mol. The van der Waals surface area contributed by atoms with Crippen LogP contribution in [0.15, 0.2) is 48.5 Å². The zero-order valence-corrected chi connectivity index (χ0v) is 13.7. The van der Waals surface area contributed by atoms with Gasteiger partial charge in [-0.25, -0.2) is 9.97 Å². The van der Waals surface area contributed by atoms with Crippen molar-refractivity contribution in [3.05, 3.63) is 71.0 Å². The molecule has 0 saturated carbocycles. The largest absolute Gasteiger partial charge is 0.314 e. The van der Waals surface area contributed by atoms with Crippen molar-refractivity contribution in [2.75, 3.05) is 7.05 Å². The molecule has 0 radical (unpaired) electrons. The number of para-hydroxylation sites is 2. The second-order valence-corrected chi connectivity index (χ2v) is 5.88. The number of imide groups is 1. The summed E-state index contributed by atoms with van der Waals surface area (Å²) >= 11 is 0. The van der Waals surface area contributed by atoms with Crippen molar-refractivity contribution in [2.24, 2.45) is 0 Å². The average molecular weight is 332 g/mol. The first kappa shape index (κ1) is 15.4. The number of nitrogens with one attached hydrogen (secondary N) is 1. The molecule has 6 nitrogen and oxygen atoms in total. The molecular weight excluding hydrogens is 316 g/mol. The maximum atomic E-state index is 12.6. The van der Waals surface area contributed by atoms with E-state index in [1.807, 2.05) is 31.3 Å². The second kappa shape index (κ2) is 6.07. The van der Waals surface area contributed by atoms with Crippen molar-refractivity contribution in [3.63, 3.8) is 0 Å². The van der Waals surface area contributed by atoms with Crippen LogP contribution in [0.1, 0.15) is 32.1 Å². The number of aromatic nitrogens is 2. The van der Waals surface area contributed by atoms with E-state index in [-0.39, 0.29) is 18.4 Å². The molecule has 124 valence electrons. The summed E-state index contributed by atoms with van der Waals surface area (Å²) in [7, 11) is 1.82. The van der Waals surface area contributed by atoms with Gasteiger partial charge in [0.2, 0.25) is 0 Å². The SMILES string of the molecule is CNCc1nc2ccccc2nc1CN1C(=O)c2ccccc2C1=O. The standard InChI is InChI=1S/C19H16N4O2/c1-20-10-16-17(22-15-9-5-4-8-14(15)21-16)11-23-18(24)12-6-2-3-7-13(12)19(23)25/h2-9,20H,10-11H2,1H3. The molecule has 4 rings (SSSR count). The molecule has 0 fully saturated rings. The molecule has 2 amide bonds. The number of carbonyl (C=O) groups is 2. The molecule has 0 atom stereocenters. The van der Waals surface area contributed by atoms with Crippen molar-refractivity contribution in [1.29, 1.82) is 0 Å². The third kappa shape index (κ3) is 2.56. The van der Waals surface area contributed by atoms with Crippen LogP contribution in [0.5, 0.6) is 0 Å². The number of amides is 2. The van der Waals surface area contributed by atoms with Gasteiger partial charge in [0.1, 0.15) is 0 Å². The van der Waals surface area contributed by atoms with Crippen molar-refractivity contribution in [2.45, 2.75) is 13.1 Å². The summed E-state index contributed by atoms with van der Waals surface area (Å²) in [4.78, 5) is 35.7. The summed E-state index contributed by atoms with van der Waals surface area (Å²) in [5.41, 5.74) is 3.78. The number of hydrogen-bond acceptors (Lipinski definition) is 5. The minimum atomic E-state index is -0.286. The van der Waals surface area contributed by atoms with Crippen LogP contribution in [0.4, 0.5) is 0 Å². The minimum absolute atomic E-state index is 0.112. The van der Waals surface area contributed by atoms with Crippen molar-refractivity contribution in [3.8, 4) is 0 Å². The molecule has 3 aromatic rings. The van der Waals surface area contributed by atoms with Crippen molar-refractivity contribution >= 4 is 22.8 Å². The predicted molar refractivity (Wildman–Crippen MR) is 92.9 cm³/mol. The smallest absolute Gasteiger partial charge is 0.261 e. The molecular formula is C19H16N4O2. The van der Waals surface area contributed by atoms with Crippen LogP contribution in [0.2, 0.25) is 0 Å². The van der Waals surface area contributed by atoms with Gasteiger partial charge in [-0.2, -0.15) is 0 Å².